The average molecular weight is 191 g/mol. The van der Waals surface area contributed by atoms with Crippen molar-refractivity contribution in [1.29, 1.82) is 0 Å². The maximum absolute atomic E-state index is 5.18. The molecule has 0 aromatic heterocycles. The highest BCUT2D eigenvalue weighted by atomic mass is 16.5. The fraction of sp³-hybridized carbons (Fsp3) is 0.500. The number of hydrogen-bond donors (Lipinski definition) is 1. The van der Waals surface area contributed by atoms with Crippen LogP contribution in [0.15, 0.2) is 12.1 Å². The summed E-state index contributed by atoms with van der Waals surface area (Å²) in [6.45, 7) is 5.00. The molecule has 0 saturated heterocycles. The van der Waals surface area contributed by atoms with Crippen LogP contribution in [0.25, 0.3) is 0 Å². The van der Waals surface area contributed by atoms with E-state index in [1.807, 2.05) is 0 Å². The van der Waals surface area contributed by atoms with Crippen molar-refractivity contribution in [3.8, 4) is 0 Å². The van der Waals surface area contributed by atoms with Crippen molar-refractivity contribution >= 4 is 0 Å². The summed E-state index contributed by atoms with van der Waals surface area (Å²) in [5.41, 5.74) is 5.61. The van der Waals surface area contributed by atoms with Crippen LogP contribution in [0.4, 0.5) is 0 Å². The minimum Gasteiger partial charge on any atom is -0.380 e. The first-order chi connectivity index (χ1) is 6.81. The average Bonchev–Trinajstić information content (AvgIpc) is 2.19. The first-order valence-corrected chi connectivity index (χ1v) is 5.12. The van der Waals surface area contributed by atoms with Crippen molar-refractivity contribution in [1.82, 2.24) is 5.32 Å². The van der Waals surface area contributed by atoms with Crippen LogP contribution in [-0.2, 0) is 24.3 Å². The Bertz CT molecular complexity index is 333. The molecule has 14 heavy (non-hydrogen) atoms. The zero-order valence-electron chi connectivity index (χ0n) is 8.89. The highest BCUT2D eigenvalue weighted by molar-refractivity contribution is 5.38. The summed E-state index contributed by atoms with van der Waals surface area (Å²) in [6, 6.07) is 4.59. The monoisotopic (exact) mass is 191 g/mol. The fourth-order valence-corrected chi connectivity index (χ4v) is 2.02. The summed E-state index contributed by atoms with van der Waals surface area (Å²) in [5, 5.41) is 3.39. The fourth-order valence-electron chi connectivity index (χ4n) is 2.02. The Morgan fingerprint density at radius 1 is 1.36 bits per heavy atom. The minimum atomic E-state index is 0.729. The van der Waals surface area contributed by atoms with E-state index < -0.39 is 0 Å². The van der Waals surface area contributed by atoms with E-state index in [4.69, 9.17) is 4.74 Å². The Balaban J connectivity index is 2.35. The number of fused-ring (bicyclic) bond motifs is 1. The molecule has 1 heterocycles. The van der Waals surface area contributed by atoms with Gasteiger partial charge >= 0.3 is 0 Å². The van der Waals surface area contributed by atoms with Gasteiger partial charge in [0.2, 0.25) is 0 Å². The van der Waals surface area contributed by atoms with Gasteiger partial charge in [0.15, 0.2) is 0 Å². The molecule has 0 aliphatic carbocycles. The summed E-state index contributed by atoms with van der Waals surface area (Å²) >= 11 is 0. The van der Waals surface area contributed by atoms with Gasteiger partial charge < -0.3 is 10.1 Å². The van der Waals surface area contributed by atoms with Gasteiger partial charge in [-0.2, -0.15) is 0 Å². The second kappa shape index (κ2) is 4.11. The van der Waals surface area contributed by atoms with Crippen molar-refractivity contribution in [3.63, 3.8) is 0 Å². The maximum Gasteiger partial charge on any atom is 0.0715 e. The Morgan fingerprint density at radius 3 is 3.00 bits per heavy atom. The summed E-state index contributed by atoms with van der Waals surface area (Å²) in [5.74, 6) is 0. The summed E-state index contributed by atoms with van der Waals surface area (Å²) < 4.78 is 5.18. The minimum absolute atomic E-state index is 0.729. The van der Waals surface area contributed by atoms with Gasteiger partial charge in [-0.25, -0.2) is 0 Å². The van der Waals surface area contributed by atoms with Gasteiger partial charge in [0.25, 0.3) is 0 Å². The van der Waals surface area contributed by atoms with E-state index in [1.54, 1.807) is 7.11 Å². The second-order valence-electron chi connectivity index (χ2n) is 3.91. The normalized spacial score (nSPS) is 15.3. The predicted molar refractivity (Wildman–Crippen MR) is 57.3 cm³/mol. The number of rotatable bonds is 2. The summed E-state index contributed by atoms with van der Waals surface area (Å²) in [7, 11) is 1.75. The molecule has 0 unspecified atom stereocenters. The van der Waals surface area contributed by atoms with Crippen LogP contribution in [0.5, 0.6) is 0 Å². The molecule has 0 fully saturated rings. The Labute approximate surface area is 85.3 Å². The number of benzene rings is 1. The smallest absolute Gasteiger partial charge is 0.0715 e. The molecule has 0 spiro atoms. The SMILES string of the molecule is COCc1cc2c(cc1C)CNCC2. The van der Waals surface area contributed by atoms with Crippen LogP contribution < -0.4 is 5.32 Å². The van der Waals surface area contributed by atoms with Crippen LogP contribution >= 0.6 is 0 Å². The lowest BCUT2D eigenvalue weighted by Gasteiger charge is -2.19. The number of ether oxygens (including phenoxy) is 1. The summed E-state index contributed by atoms with van der Waals surface area (Å²) in [4.78, 5) is 0. The van der Waals surface area contributed by atoms with E-state index in [-0.39, 0.29) is 0 Å². The molecule has 2 rings (SSSR count). The maximum atomic E-state index is 5.18. The molecule has 0 saturated carbocycles. The molecule has 1 aliphatic heterocycles. The van der Waals surface area contributed by atoms with Gasteiger partial charge in [-0.1, -0.05) is 12.1 Å². The molecule has 0 radical (unpaired) electrons. The number of hydrogen-bond acceptors (Lipinski definition) is 2. The van der Waals surface area contributed by atoms with E-state index in [9.17, 15) is 0 Å². The largest absolute Gasteiger partial charge is 0.380 e. The molecule has 1 aliphatic rings. The molecule has 2 heteroatoms. The van der Waals surface area contributed by atoms with Gasteiger partial charge in [-0.05, 0) is 42.1 Å². The van der Waals surface area contributed by atoms with E-state index in [0.717, 1.165) is 26.1 Å². The molecule has 1 aromatic rings. The lowest BCUT2D eigenvalue weighted by Crippen LogP contribution is -2.23. The van der Waals surface area contributed by atoms with E-state index in [0.29, 0.717) is 0 Å². The third kappa shape index (κ3) is 1.81. The van der Waals surface area contributed by atoms with Gasteiger partial charge in [0.1, 0.15) is 0 Å². The molecular weight excluding hydrogens is 174 g/mol. The van der Waals surface area contributed by atoms with Crippen molar-refractivity contribution < 1.29 is 4.74 Å². The van der Waals surface area contributed by atoms with Crippen LogP contribution in [0.2, 0.25) is 0 Å². The molecule has 2 nitrogen and oxygen atoms in total. The van der Waals surface area contributed by atoms with E-state index in [1.165, 1.54) is 22.3 Å². The van der Waals surface area contributed by atoms with Gasteiger partial charge in [0.05, 0.1) is 6.61 Å². The first kappa shape index (κ1) is 9.69. The lowest BCUT2D eigenvalue weighted by atomic mass is 9.95. The molecule has 76 valence electrons. The number of nitrogens with one attached hydrogen (secondary N) is 1. The van der Waals surface area contributed by atoms with Gasteiger partial charge in [-0.15, -0.1) is 0 Å². The standard InChI is InChI=1S/C12H17NO/c1-9-5-11-7-13-4-3-10(11)6-12(9)8-14-2/h5-6,13H,3-4,7-8H2,1-2H3. The Kier molecular flexibility index (Phi) is 2.85. The number of methoxy groups -OCH3 is 1. The third-order valence-corrected chi connectivity index (χ3v) is 2.84. The van der Waals surface area contributed by atoms with E-state index in [2.05, 4.69) is 24.4 Å². The lowest BCUT2D eigenvalue weighted by molar-refractivity contribution is 0.184. The molecule has 0 amide bonds. The summed E-state index contributed by atoms with van der Waals surface area (Å²) in [6.07, 6.45) is 1.15. The van der Waals surface area contributed by atoms with Crippen molar-refractivity contribution in [2.24, 2.45) is 0 Å². The van der Waals surface area contributed by atoms with Crippen LogP contribution in [0.3, 0.4) is 0 Å². The molecule has 1 N–H and O–H groups in total. The van der Waals surface area contributed by atoms with Crippen molar-refractivity contribution in [3.05, 3.63) is 34.4 Å². The Hall–Kier alpha value is -0.860. The third-order valence-electron chi connectivity index (χ3n) is 2.84. The van der Waals surface area contributed by atoms with E-state index >= 15 is 0 Å². The highest BCUT2D eigenvalue weighted by Gasteiger charge is 2.10. The first-order valence-electron chi connectivity index (χ1n) is 5.12. The molecular formula is C12H17NO. The van der Waals surface area contributed by atoms with Gasteiger partial charge in [-0.3, -0.25) is 0 Å². The highest BCUT2D eigenvalue weighted by Crippen LogP contribution is 2.20. The zero-order chi connectivity index (χ0) is 9.97. The number of aryl methyl sites for hydroxylation is 1. The topological polar surface area (TPSA) is 21.3 Å². The predicted octanol–water partition coefficient (Wildman–Crippen LogP) is 1.79. The van der Waals surface area contributed by atoms with Crippen molar-refractivity contribution in [2.45, 2.75) is 26.5 Å². The van der Waals surface area contributed by atoms with Crippen LogP contribution in [0, 0.1) is 6.92 Å². The Morgan fingerprint density at radius 2 is 2.21 bits per heavy atom. The van der Waals surface area contributed by atoms with Crippen LogP contribution in [-0.4, -0.2) is 13.7 Å². The van der Waals surface area contributed by atoms with Crippen molar-refractivity contribution in [2.75, 3.05) is 13.7 Å². The molecule has 1 aromatic carbocycles. The van der Waals surface area contributed by atoms with Crippen LogP contribution in [0.1, 0.15) is 22.3 Å². The second-order valence-corrected chi connectivity index (χ2v) is 3.91. The quantitative estimate of drug-likeness (QED) is 0.769. The zero-order valence-corrected chi connectivity index (χ0v) is 8.89. The molecule has 0 bridgehead atoms. The molecule has 0 atom stereocenters. The van der Waals surface area contributed by atoms with Gasteiger partial charge in [0, 0.05) is 13.7 Å².